The van der Waals surface area contributed by atoms with Crippen molar-refractivity contribution >= 4 is 15.9 Å². The minimum absolute atomic E-state index is 0.177. The fraction of sp³-hybridized carbons (Fsp3) is 0.400. The lowest BCUT2D eigenvalue weighted by Crippen LogP contribution is -2.27. The number of alkyl halides is 7. The maximum atomic E-state index is 12.8. The van der Waals surface area contributed by atoms with Crippen LogP contribution in [0.15, 0.2) is 48.5 Å². The Morgan fingerprint density at radius 2 is 0.964 bits per heavy atom. The Hall–Kier alpha value is -1.54. The molecule has 0 saturated carbocycles. The molecule has 2 rings (SSSR count). The van der Waals surface area contributed by atoms with Gasteiger partial charge < -0.3 is 5.11 Å². The van der Waals surface area contributed by atoms with Gasteiger partial charge in [0, 0.05) is 5.33 Å². The van der Waals surface area contributed by atoms with E-state index in [1.807, 2.05) is 0 Å². The Kier molecular flexibility index (Phi) is 7.20. The van der Waals surface area contributed by atoms with Gasteiger partial charge in [-0.1, -0.05) is 46.6 Å². The maximum Gasteiger partial charge on any atom is 0.416 e. The second-order valence-corrected chi connectivity index (χ2v) is 7.30. The largest absolute Gasteiger partial charge is 0.416 e. The summed E-state index contributed by atoms with van der Waals surface area (Å²) >= 11 is 3.30. The van der Waals surface area contributed by atoms with Crippen LogP contribution in [0.2, 0.25) is 0 Å². The second-order valence-electron chi connectivity index (χ2n) is 6.51. The molecule has 0 atom stereocenters. The van der Waals surface area contributed by atoms with Gasteiger partial charge in [-0.2, -0.15) is 26.3 Å². The molecule has 28 heavy (non-hydrogen) atoms. The van der Waals surface area contributed by atoms with Crippen LogP contribution in [0.1, 0.15) is 47.9 Å². The standard InChI is InChI=1S/C20H19BrF6O/c21-13-3-1-2-12-18(28,14-4-8-16(9-5-14)19(22,23)24)15-6-10-17(11-7-15)20(25,26)27/h4-11,28H,1-3,12-13H2. The molecule has 0 unspecified atom stereocenters. The lowest BCUT2D eigenvalue weighted by molar-refractivity contribution is -0.138. The van der Waals surface area contributed by atoms with Crippen molar-refractivity contribution in [3.63, 3.8) is 0 Å². The monoisotopic (exact) mass is 468 g/mol. The summed E-state index contributed by atoms with van der Waals surface area (Å²) in [6.45, 7) is 0. The van der Waals surface area contributed by atoms with Crippen molar-refractivity contribution in [1.82, 2.24) is 0 Å². The molecule has 0 bridgehead atoms. The molecule has 0 aliphatic heterocycles. The third-order valence-corrected chi connectivity index (χ3v) is 5.11. The first kappa shape index (κ1) is 22.7. The summed E-state index contributed by atoms with van der Waals surface area (Å²) in [5, 5.41) is 12.0. The predicted octanol–water partition coefficient (Wildman–Crippen LogP) is 6.92. The smallest absolute Gasteiger partial charge is 0.380 e. The number of hydrogen-bond donors (Lipinski definition) is 1. The number of hydrogen-bond acceptors (Lipinski definition) is 1. The summed E-state index contributed by atoms with van der Waals surface area (Å²) in [4.78, 5) is 0. The predicted molar refractivity (Wildman–Crippen MR) is 98.1 cm³/mol. The third kappa shape index (κ3) is 5.50. The highest BCUT2D eigenvalue weighted by molar-refractivity contribution is 9.09. The molecule has 2 aromatic rings. The molecule has 0 aliphatic rings. The molecule has 0 radical (unpaired) electrons. The molecule has 0 fully saturated rings. The average Bonchev–Trinajstić information content (AvgIpc) is 2.64. The van der Waals surface area contributed by atoms with Crippen LogP contribution in [-0.4, -0.2) is 10.4 Å². The minimum atomic E-state index is -4.51. The highest BCUT2D eigenvalue weighted by atomic mass is 79.9. The van der Waals surface area contributed by atoms with Crippen molar-refractivity contribution in [2.24, 2.45) is 0 Å². The maximum absolute atomic E-state index is 12.8. The molecule has 0 heterocycles. The molecule has 1 N–H and O–H groups in total. The van der Waals surface area contributed by atoms with Crippen LogP contribution in [0, 0.1) is 0 Å². The Morgan fingerprint density at radius 3 is 1.29 bits per heavy atom. The van der Waals surface area contributed by atoms with Gasteiger partial charge in [0.2, 0.25) is 0 Å². The van der Waals surface area contributed by atoms with Crippen molar-refractivity contribution in [2.75, 3.05) is 5.33 Å². The number of unbranched alkanes of at least 4 members (excludes halogenated alkanes) is 2. The van der Waals surface area contributed by atoms with Crippen molar-refractivity contribution in [2.45, 2.75) is 43.6 Å². The summed E-state index contributed by atoms with van der Waals surface area (Å²) in [7, 11) is 0. The van der Waals surface area contributed by atoms with Crippen molar-refractivity contribution < 1.29 is 31.4 Å². The zero-order valence-corrected chi connectivity index (χ0v) is 16.3. The van der Waals surface area contributed by atoms with E-state index in [0.29, 0.717) is 6.42 Å². The van der Waals surface area contributed by atoms with Gasteiger partial charge in [-0.3, -0.25) is 0 Å². The molecule has 0 aliphatic carbocycles. The number of benzene rings is 2. The van der Waals surface area contributed by atoms with E-state index in [4.69, 9.17) is 0 Å². The van der Waals surface area contributed by atoms with E-state index in [2.05, 4.69) is 15.9 Å². The minimum Gasteiger partial charge on any atom is -0.380 e. The molecule has 8 heteroatoms. The van der Waals surface area contributed by atoms with Crippen LogP contribution in [0.3, 0.4) is 0 Å². The van der Waals surface area contributed by atoms with E-state index in [-0.39, 0.29) is 17.5 Å². The van der Waals surface area contributed by atoms with Gasteiger partial charge in [0.15, 0.2) is 0 Å². The zero-order valence-electron chi connectivity index (χ0n) is 14.7. The summed E-state index contributed by atoms with van der Waals surface area (Å²) < 4.78 is 76.9. The van der Waals surface area contributed by atoms with E-state index in [0.717, 1.165) is 42.4 Å². The number of rotatable bonds is 7. The Bertz CT molecular complexity index is 693. The Labute approximate surface area is 167 Å². The molecular weight excluding hydrogens is 450 g/mol. The van der Waals surface area contributed by atoms with Crippen LogP contribution >= 0.6 is 15.9 Å². The Balaban J connectivity index is 2.39. The van der Waals surface area contributed by atoms with Crippen LogP contribution in [0.5, 0.6) is 0 Å². The van der Waals surface area contributed by atoms with Crippen molar-refractivity contribution in [3.8, 4) is 0 Å². The molecule has 2 aromatic carbocycles. The van der Waals surface area contributed by atoms with Gasteiger partial charge in [-0.15, -0.1) is 0 Å². The number of halogens is 7. The van der Waals surface area contributed by atoms with E-state index in [1.165, 1.54) is 24.3 Å². The number of aliphatic hydroxyl groups is 1. The summed E-state index contributed by atoms with van der Waals surface area (Å²) in [5.74, 6) is 0. The normalized spacial score (nSPS) is 13.0. The van der Waals surface area contributed by atoms with Gasteiger partial charge >= 0.3 is 12.4 Å². The molecule has 1 nitrogen and oxygen atoms in total. The van der Waals surface area contributed by atoms with Gasteiger partial charge in [0.1, 0.15) is 5.60 Å². The van der Waals surface area contributed by atoms with Gasteiger partial charge in [0.25, 0.3) is 0 Å². The zero-order chi connectivity index (χ0) is 21.0. The lowest BCUT2D eigenvalue weighted by Gasteiger charge is -2.30. The van der Waals surface area contributed by atoms with E-state index >= 15 is 0 Å². The first-order valence-electron chi connectivity index (χ1n) is 8.62. The average molecular weight is 469 g/mol. The van der Waals surface area contributed by atoms with Crippen LogP contribution < -0.4 is 0 Å². The van der Waals surface area contributed by atoms with Crippen LogP contribution in [-0.2, 0) is 18.0 Å². The molecule has 0 aromatic heterocycles. The molecular formula is C20H19BrF6O. The highest BCUT2D eigenvalue weighted by Crippen LogP contribution is 2.38. The van der Waals surface area contributed by atoms with E-state index in [9.17, 15) is 31.4 Å². The first-order chi connectivity index (χ1) is 13.0. The van der Waals surface area contributed by atoms with Crippen LogP contribution in [0.25, 0.3) is 0 Å². The fourth-order valence-electron chi connectivity index (χ4n) is 2.98. The quantitative estimate of drug-likeness (QED) is 0.265. The van der Waals surface area contributed by atoms with Crippen molar-refractivity contribution in [1.29, 1.82) is 0 Å². The molecule has 0 amide bonds. The summed E-state index contributed by atoms with van der Waals surface area (Å²) in [6, 6.07) is 8.14. The summed E-state index contributed by atoms with van der Waals surface area (Å²) in [5.41, 5.74) is -2.98. The summed E-state index contributed by atoms with van der Waals surface area (Å²) in [6.07, 6.45) is -6.69. The van der Waals surface area contributed by atoms with Crippen LogP contribution in [0.4, 0.5) is 26.3 Å². The SMILES string of the molecule is OC(CCCCCBr)(c1ccc(C(F)(F)F)cc1)c1ccc(C(F)(F)F)cc1. The first-order valence-corrected chi connectivity index (χ1v) is 9.74. The fourth-order valence-corrected chi connectivity index (χ4v) is 3.37. The van der Waals surface area contributed by atoms with Crippen molar-refractivity contribution in [3.05, 3.63) is 70.8 Å². The van der Waals surface area contributed by atoms with E-state index < -0.39 is 29.1 Å². The van der Waals surface area contributed by atoms with Gasteiger partial charge in [0.05, 0.1) is 11.1 Å². The van der Waals surface area contributed by atoms with Gasteiger partial charge in [-0.05, 0) is 54.7 Å². The lowest BCUT2D eigenvalue weighted by atomic mass is 9.81. The van der Waals surface area contributed by atoms with E-state index in [1.54, 1.807) is 0 Å². The highest BCUT2D eigenvalue weighted by Gasteiger charge is 2.35. The van der Waals surface area contributed by atoms with Gasteiger partial charge in [-0.25, -0.2) is 0 Å². The topological polar surface area (TPSA) is 20.2 Å². The second kappa shape index (κ2) is 8.86. The molecule has 0 spiro atoms. The Morgan fingerprint density at radius 1 is 0.607 bits per heavy atom. The third-order valence-electron chi connectivity index (χ3n) is 4.55. The molecule has 154 valence electrons. The molecule has 0 saturated heterocycles.